The van der Waals surface area contributed by atoms with Crippen LogP contribution >= 0.6 is 0 Å². The Morgan fingerprint density at radius 2 is 2.07 bits per heavy atom. The fourth-order valence-electron chi connectivity index (χ4n) is 3.78. The minimum absolute atomic E-state index is 0.0172. The van der Waals surface area contributed by atoms with E-state index >= 15 is 0 Å². The van der Waals surface area contributed by atoms with Gasteiger partial charge in [0.25, 0.3) is 0 Å². The van der Waals surface area contributed by atoms with Crippen LogP contribution in [0.4, 0.5) is 0 Å². The number of likely N-dealkylation sites (tertiary alicyclic amines) is 1. The fraction of sp³-hybridized carbons (Fsp3) is 0.550. The molecule has 1 unspecified atom stereocenters. The Kier molecular flexibility index (Phi) is 6.73. The number of aryl methyl sites for hydroxylation is 2. The number of nitrogens with zero attached hydrogens (tertiary/aromatic N) is 5. The van der Waals surface area contributed by atoms with Gasteiger partial charge in [0.05, 0.1) is 18.6 Å². The van der Waals surface area contributed by atoms with Crippen LogP contribution in [0.3, 0.4) is 0 Å². The number of amides is 1. The number of carbonyl (C=O) groups excluding carboxylic acids is 2. The van der Waals surface area contributed by atoms with Gasteiger partial charge < -0.3 is 9.64 Å². The van der Waals surface area contributed by atoms with Gasteiger partial charge in [0.15, 0.2) is 0 Å². The van der Waals surface area contributed by atoms with Gasteiger partial charge in [-0.2, -0.15) is 0 Å². The summed E-state index contributed by atoms with van der Waals surface area (Å²) in [6.07, 6.45) is 4.80. The van der Waals surface area contributed by atoms with Crippen molar-refractivity contribution in [2.24, 2.45) is 5.41 Å². The summed E-state index contributed by atoms with van der Waals surface area (Å²) in [7, 11) is 0. The van der Waals surface area contributed by atoms with Crippen LogP contribution in [0.2, 0.25) is 0 Å². The van der Waals surface area contributed by atoms with Crippen molar-refractivity contribution in [2.75, 3.05) is 19.7 Å². The molecule has 0 radical (unpaired) electrons. The van der Waals surface area contributed by atoms with Gasteiger partial charge in [-0.3, -0.25) is 9.59 Å². The number of hydrogen-bond donors (Lipinski definition) is 0. The Labute approximate surface area is 164 Å². The first-order chi connectivity index (χ1) is 13.6. The molecule has 1 aromatic carbocycles. The zero-order chi connectivity index (χ0) is 19.8. The highest BCUT2D eigenvalue weighted by Gasteiger charge is 2.44. The predicted molar refractivity (Wildman–Crippen MR) is 102 cm³/mol. The molecule has 0 aliphatic carbocycles. The quantitative estimate of drug-likeness (QED) is 0.645. The molecule has 1 aromatic heterocycles. The van der Waals surface area contributed by atoms with Crippen LogP contribution in [0.1, 0.15) is 38.2 Å². The van der Waals surface area contributed by atoms with Crippen molar-refractivity contribution in [3.8, 4) is 0 Å². The lowest BCUT2D eigenvalue weighted by Gasteiger charge is -2.41. The largest absolute Gasteiger partial charge is 0.466 e. The second-order valence-corrected chi connectivity index (χ2v) is 7.23. The SMILES string of the molecule is CCOC(=O)C1(CCc2ccccc2)CCCN(C(=O)CCn2cnnn2)C1. The van der Waals surface area contributed by atoms with Crippen molar-refractivity contribution in [1.82, 2.24) is 25.1 Å². The number of hydrogen-bond acceptors (Lipinski definition) is 6. The summed E-state index contributed by atoms with van der Waals surface area (Å²) < 4.78 is 6.95. The van der Waals surface area contributed by atoms with Crippen molar-refractivity contribution in [3.05, 3.63) is 42.2 Å². The van der Waals surface area contributed by atoms with Gasteiger partial charge >= 0.3 is 5.97 Å². The van der Waals surface area contributed by atoms with Crippen molar-refractivity contribution < 1.29 is 14.3 Å². The molecule has 1 saturated heterocycles. The molecule has 2 heterocycles. The molecule has 28 heavy (non-hydrogen) atoms. The highest BCUT2D eigenvalue weighted by Crippen LogP contribution is 2.36. The number of esters is 1. The molecule has 1 aliphatic rings. The van der Waals surface area contributed by atoms with E-state index in [1.807, 2.05) is 25.1 Å². The first-order valence-electron chi connectivity index (χ1n) is 9.83. The molecule has 0 spiro atoms. The highest BCUT2D eigenvalue weighted by atomic mass is 16.5. The van der Waals surface area contributed by atoms with Gasteiger partial charge in [0, 0.05) is 19.5 Å². The van der Waals surface area contributed by atoms with E-state index in [0.717, 1.165) is 19.3 Å². The second kappa shape index (κ2) is 9.43. The van der Waals surface area contributed by atoms with Crippen LogP contribution in [0.25, 0.3) is 0 Å². The van der Waals surface area contributed by atoms with Gasteiger partial charge in [-0.05, 0) is 48.6 Å². The summed E-state index contributed by atoms with van der Waals surface area (Å²) in [6, 6.07) is 10.1. The number of carbonyl (C=O) groups is 2. The summed E-state index contributed by atoms with van der Waals surface area (Å²) >= 11 is 0. The lowest BCUT2D eigenvalue weighted by atomic mass is 9.75. The maximum Gasteiger partial charge on any atom is 0.313 e. The van der Waals surface area contributed by atoms with Gasteiger partial charge in [0.1, 0.15) is 6.33 Å². The molecule has 8 nitrogen and oxygen atoms in total. The summed E-state index contributed by atoms with van der Waals surface area (Å²) in [5.74, 6) is -0.174. The predicted octanol–water partition coefficient (Wildman–Crippen LogP) is 1.87. The van der Waals surface area contributed by atoms with E-state index in [2.05, 4.69) is 27.7 Å². The third-order valence-corrected chi connectivity index (χ3v) is 5.32. The Morgan fingerprint density at radius 1 is 1.25 bits per heavy atom. The molecule has 0 saturated carbocycles. The highest BCUT2D eigenvalue weighted by molar-refractivity contribution is 5.80. The van der Waals surface area contributed by atoms with E-state index in [1.54, 1.807) is 4.90 Å². The number of piperidine rings is 1. The molecule has 8 heteroatoms. The molecule has 0 N–H and O–H groups in total. The summed E-state index contributed by atoms with van der Waals surface area (Å²) in [5, 5.41) is 10.9. The van der Waals surface area contributed by atoms with Crippen molar-refractivity contribution in [2.45, 2.75) is 45.6 Å². The van der Waals surface area contributed by atoms with Crippen LogP contribution in [-0.2, 0) is 27.3 Å². The monoisotopic (exact) mass is 385 g/mol. The number of rotatable bonds is 8. The third kappa shape index (κ3) is 4.94. The van der Waals surface area contributed by atoms with Crippen molar-refractivity contribution >= 4 is 11.9 Å². The van der Waals surface area contributed by atoms with Gasteiger partial charge in [-0.1, -0.05) is 30.3 Å². The zero-order valence-electron chi connectivity index (χ0n) is 16.3. The molecule has 2 aromatic rings. The van der Waals surface area contributed by atoms with Crippen LogP contribution in [0.5, 0.6) is 0 Å². The van der Waals surface area contributed by atoms with Gasteiger partial charge in [-0.15, -0.1) is 5.10 Å². The first kappa shape index (κ1) is 20.0. The van der Waals surface area contributed by atoms with Gasteiger partial charge in [0.2, 0.25) is 5.91 Å². The van der Waals surface area contributed by atoms with Crippen molar-refractivity contribution in [1.29, 1.82) is 0 Å². The van der Waals surface area contributed by atoms with E-state index in [0.29, 0.717) is 39.1 Å². The number of tetrazole rings is 1. The molecule has 150 valence electrons. The Bertz CT molecular complexity index is 765. The molecule has 1 fully saturated rings. The topological polar surface area (TPSA) is 90.2 Å². The standard InChI is InChI=1S/C20H27N5O3/c1-2-28-19(27)20(12-9-17-7-4-3-5-8-17)11-6-13-24(15-20)18(26)10-14-25-16-21-22-23-25/h3-5,7-8,16H,2,6,9-15H2,1H3. The molecule has 1 atom stereocenters. The second-order valence-electron chi connectivity index (χ2n) is 7.23. The van der Waals surface area contributed by atoms with Crippen LogP contribution in [0, 0.1) is 5.41 Å². The molecular formula is C20H27N5O3. The lowest BCUT2D eigenvalue weighted by Crippen LogP contribution is -2.51. The van der Waals surface area contributed by atoms with E-state index in [9.17, 15) is 9.59 Å². The lowest BCUT2D eigenvalue weighted by molar-refractivity contribution is -0.161. The van der Waals surface area contributed by atoms with E-state index in [4.69, 9.17) is 4.74 Å². The normalized spacial score (nSPS) is 19.4. The maximum atomic E-state index is 12.9. The smallest absolute Gasteiger partial charge is 0.313 e. The summed E-state index contributed by atoms with van der Waals surface area (Å²) in [5.41, 5.74) is 0.544. The third-order valence-electron chi connectivity index (χ3n) is 5.32. The Morgan fingerprint density at radius 3 is 2.79 bits per heavy atom. The maximum absolute atomic E-state index is 12.9. The molecule has 1 amide bonds. The van der Waals surface area contributed by atoms with E-state index < -0.39 is 5.41 Å². The molecular weight excluding hydrogens is 358 g/mol. The van der Waals surface area contributed by atoms with Crippen LogP contribution < -0.4 is 0 Å². The number of aromatic nitrogens is 4. The Balaban J connectivity index is 1.67. The average Bonchev–Trinajstić information content (AvgIpc) is 3.25. The van der Waals surface area contributed by atoms with Crippen molar-refractivity contribution in [3.63, 3.8) is 0 Å². The minimum Gasteiger partial charge on any atom is -0.466 e. The molecule has 1 aliphatic heterocycles. The number of ether oxygens (including phenoxy) is 1. The van der Waals surface area contributed by atoms with Crippen LogP contribution in [-0.4, -0.2) is 56.7 Å². The summed E-state index contributed by atoms with van der Waals surface area (Å²) in [4.78, 5) is 27.4. The average molecular weight is 385 g/mol. The zero-order valence-corrected chi connectivity index (χ0v) is 16.3. The first-order valence-corrected chi connectivity index (χ1v) is 9.83. The van der Waals surface area contributed by atoms with Gasteiger partial charge in [-0.25, -0.2) is 4.68 Å². The number of benzene rings is 1. The molecule has 0 bridgehead atoms. The Hall–Kier alpha value is -2.77. The minimum atomic E-state index is -0.644. The summed E-state index contributed by atoms with van der Waals surface area (Å²) in [6.45, 7) is 3.67. The van der Waals surface area contributed by atoms with E-state index in [1.165, 1.54) is 16.6 Å². The fourth-order valence-corrected chi connectivity index (χ4v) is 3.78. The van der Waals surface area contributed by atoms with Crippen LogP contribution in [0.15, 0.2) is 36.7 Å². The molecule has 3 rings (SSSR count). The van der Waals surface area contributed by atoms with E-state index in [-0.39, 0.29) is 11.9 Å².